The first-order valence-electron chi connectivity index (χ1n) is 7.82. The summed E-state index contributed by atoms with van der Waals surface area (Å²) in [6, 6.07) is 14.5. The first-order chi connectivity index (χ1) is 12.9. The number of nitrogens with zero attached hydrogens (tertiary/aromatic N) is 4. The monoisotopic (exact) mass is 371 g/mol. The lowest BCUT2D eigenvalue weighted by Gasteiger charge is -2.09. The predicted octanol–water partition coefficient (Wildman–Crippen LogP) is 3.96. The van der Waals surface area contributed by atoms with E-state index in [1.807, 2.05) is 24.3 Å². The van der Waals surface area contributed by atoms with E-state index in [2.05, 4.69) is 19.8 Å². The highest BCUT2D eigenvalue weighted by Gasteiger charge is 2.30. The lowest BCUT2D eigenvalue weighted by Crippen LogP contribution is -2.17. The number of rotatable bonds is 3. The molecule has 0 fully saturated rings. The summed E-state index contributed by atoms with van der Waals surface area (Å²) in [6.45, 7) is 0. The summed E-state index contributed by atoms with van der Waals surface area (Å²) >= 11 is 0. The van der Waals surface area contributed by atoms with Crippen molar-refractivity contribution < 1.29 is 17.9 Å². The van der Waals surface area contributed by atoms with Crippen LogP contribution in [0.25, 0.3) is 28.0 Å². The van der Waals surface area contributed by atoms with Crippen molar-refractivity contribution in [2.75, 3.05) is 5.73 Å². The van der Waals surface area contributed by atoms with E-state index in [-0.39, 0.29) is 5.75 Å². The zero-order valence-electron chi connectivity index (χ0n) is 13.7. The molecule has 0 aliphatic rings. The van der Waals surface area contributed by atoms with Gasteiger partial charge < -0.3 is 10.5 Å². The van der Waals surface area contributed by atoms with Crippen LogP contribution in [0.3, 0.4) is 0 Å². The summed E-state index contributed by atoms with van der Waals surface area (Å²) in [6.07, 6.45) is -3.24. The van der Waals surface area contributed by atoms with Crippen molar-refractivity contribution >= 4 is 16.7 Å². The van der Waals surface area contributed by atoms with Gasteiger partial charge in [-0.15, -0.1) is 18.3 Å². The molecule has 4 rings (SSSR count). The van der Waals surface area contributed by atoms with E-state index in [9.17, 15) is 13.2 Å². The zero-order valence-corrected chi connectivity index (χ0v) is 13.7. The summed E-state index contributed by atoms with van der Waals surface area (Å²) in [4.78, 5) is 8.50. The van der Waals surface area contributed by atoms with Crippen LogP contribution in [0.4, 0.5) is 19.0 Å². The third-order valence-corrected chi connectivity index (χ3v) is 3.80. The molecule has 2 aromatic carbocycles. The quantitative estimate of drug-likeness (QED) is 0.590. The van der Waals surface area contributed by atoms with E-state index in [1.54, 1.807) is 6.07 Å². The smallest absolute Gasteiger partial charge is 0.406 e. The minimum atomic E-state index is -4.72. The van der Waals surface area contributed by atoms with Crippen molar-refractivity contribution in [2.24, 2.45) is 0 Å². The second kappa shape index (κ2) is 6.27. The topological polar surface area (TPSA) is 78.8 Å². The Morgan fingerprint density at radius 1 is 0.963 bits per heavy atom. The average molecular weight is 371 g/mol. The number of nitrogen functional groups attached to an aromatic ring is 1. The molecule has 0 aliphatic heterocycles. The fraction of sp³-hybridized carbons (Fsp3) is 0.0556. The zero-order chi connectivity index (χ0) is 19.0. The van der Waals surface area contributed by atoms with Crippen LogP contribution in [-0.4, -0.2) is 26.1 Å². The van der Waals surface area contributed by atoms with E-state index in [0.717, 1.165) is 16.5 Å². The highest BCUT2D eigenvalue weighted by Crippen LogP contribution is 2.25. The van der Waals surface area contributed by atoms with Crippen molar-refractivity contribution in [3.8, 4) is 22.8 Å². The molecule has 6 nitrogen and oxygen atoms in total. The van der Waals surface area contributed by atoms with E-state index in [4.69, 9.17) is 5.73 Å². The molecule has 0 atom stereocenters. The Morgan fingerprint density at radius 3 is 2.48 bits per heavy atom. The second-order valence-electron chi connectivity index (χ2n) is 5.70. The van der Waals surface area contributed by atoms with E-state index < -0.39 is 6.36 Å². The summed E-state index contributed by atoms with van der Waals surface area (Å²) in [5.41, 5.74) is 7.77. The molecule has 27 heavy (non-hydrogen) atoms. The Kier molecular flexibility index (Phi) is 3.91. The van der Waals surface area contributed by atoms with Crippen LogP contribution in [0.2, 0.25) is 0 Å². The molecule has 0 unspecified atom stereocenters. The lowest BCUT2D eigenvalue weighted by atomic mass is 10.1. The molecule has 2 heterocycles. The molecular weight excluding hydrogens is 359 g/mol. The molecule has 0 saturated heterocycles. The van der Waals surface area contributed by atoms with Gasteiger partial charge in [-0.05, 0) is 54.6 Å². The predicted molar refractivity (Wildman–Crippen MR) is 93.2 cm³/mol. The summed E-state index contributed by atoms with van der Waals surface area (Å²) < 4.78 is 42.0. The van der Waals surface area contributed by atoms with Crippen LogP contribution in [0, 0.1) is 0 Å². The molecule has 2 aromatic heterocycles. The molecule has 0 saturated carbocycles. The normalized spacial score (nSPS) is 11.7. The standard InChI is InChI=1S/C18H12F3N5O/c19-18(20,21)27-14-5-3-13(4-6-14)26-10-23-17(25-26)12-1-7-15-11(9-12)2-8-16(22)24-15/h1-10H,(H2,22,24). The summed E-state index contributed by atoms with van der Waals surface area (Å²) in [5, 5.41) is 5.27. The fourth-order valence-corrected chi connectivity index (χ4v) is 2.60. The Hall–Kier alpha value is -3.62. The first kappa shape index (κ1) is 16.8. The highest BCUT2D eigenvalue weighted by atomic mass is 19.4. The number of alkyl halides is 3. The second-order valence-corrected chi connectivity index (χ2v) is 5.70. The largest absolute Gasteiger partial charge is 0.573 e. The van der Waals surface area contributed by atoms with Crippen LogP contribution in [0.15, 0.2) is 60.9 Å². The van der Waals surface area contributed by atoms with Crippen molar-refractivity contribution in [1.29, 1.82) is 0 Å². The molecule has 0 spiro atoms. The van der Waals surface area contributed by atoms with Crippen molar-refractivity contribution in [3.05, 3.63) is 60.9 Å². The summed E-state index contributed by atoms with van der Waals surface area (Å²) in [7, 11) is 0. The number of pyridine rings is 1. The third-order valence-electron chi connectivity index (χ3n) is 3.80. The number of aromatic nitrogens is 4. The SMILES string of the molecule is Nc1ccc2cc(-c3ncn(-c4ccc(OC(F)(F)F)cc4)n3)ccc2n1. The van der Waals surface area contributed by atoms with Gasteiger partial charge in [-0.1, -0.05) is 0 Å². The molecule has 0 amide bonds. The number of nitrogens with two attached hydrogens (primary N) is 1. The lowest BCUT2D eigenvalue weighted by molar-refractivity contribution is -0.274. The number of hydrogen-bond acceptors (Lipinski definition) is 5. The number of fused-ring (bicyclic) bond motifs is 1. The summed E-state index contributed by atoms with van der Waals surface area (Å²) in [5.74, 6) is 0.618. The number of anilines is 1. The van der Waals surface area contributed by atoms with Crippen molar-refractivity contribution in [3.63, 3.8) is 0 Å². The highest BCUT2D eigenvalue weighted by molar-refractivity contribution is 5.84. The van der Waals surface area contributed by atoms with Gasteiger partial charge in [-0.3, -0.25) is 0 Å². The average Bonchev–Trinajstić information content (AvgIpc) is 3.10. The van der Waals surface area contributed by atoms with Gasteiger partial charge in [0.25, 0.3) is 0 Å². The number of hydrogen-bond donors (Lipinski definition) is 1. The maximum atomic E-state index is 12.2. The Morgan fingerprint density at radius 2 is 1.74 bits per heavy atom. The minimum Gasteiger partial charge on any atom is -0.406 e. The Balaban J connectivity index is 1.61. The van der Waals surface area contributed by atoms with Gasteiger partial charge in [0, 0.05) is 10.9 Å². The molecule has 0 bridgehead atoms. The maximum absolute atomic E-state index is 12.2. The number of benzene rings is 2. The minimum absolute atomic E-state index is 0.298. The van der Waals surface area contributed by atoms with Crippen LogP contribution in [-0.2, 0) is 0 Å². The number of halogens is 3. The van der Waals surface area contributed by atoms with Crippen LogP contribution in [0.1, 0.15) is 0 Å². The van der Waals surface area contributed by atoms with E-state index in [1.165, 1.54) is 35.3 Å². The molecule has 0 aliphatic carbocycles. The van der Waals surface area contributed by atoms with Gasteiger partial charge in [0.05, 0.1) is 11.2 Å². The van der Waals surface area contributed by atoms with E-state index >= 15 is 0 Å². The Labute approximate surface area is 151 Å². The van der Waals surface area contributed by atoms with Gasteiger partial charge >= 0.3 is 6.36 Å². The van der Waals surface area contributed by atoms with Crippen LogP contribution < -0.4 is 10.5 Å². The molecule has 9 heteroatoms. The Bertz CT molecular complexity index is 1110. The van der Waals surface area contributed by atoms with Crippen LogP contribution >= 0.6 is 0 Å². The third kappa shape index (κ3) is 3.66. The molecular formula is C18H12F3N5O. The van der Waals surface area contributed by atoms with Gasteiger partial charge in [-0.2, -0.15) is 0 Å². The van der Waals surface area contributed by atoms with E-state index in [0.29, 0.717) is 17.3 Å². The van der Waals surface area contributed by atoms with Gasteiger partial charge in [0.15, 0.2) is 5.82 Å². The van der Waals surface area contributed by atoms with Gasteiger partial charge in [0.2, 0.25) is 0 Å². The first-order valence-corrected chi connectivity index (χ1v) is 7.82. The maximum Gasteiger partial charge on any atom is 0.573 e. The molecule has 136 valence electrons. The van der Waals surface area contributed by atoms with Gasteiger partial charge in [-0.25, -0.2) is 14.6 Å². The molecule has 2 N–H and O–H groups in total. The van der Waals surface area contributed by atoms with Crippen molar-refractivity contribution in [1.82, 2.24) is 19.7 Å². The molecule has 4 aromatic rings. The number of ether oxygens (including phenoxy) is 1. The van der Waals surface area contributed by atoms with Gasteiger partial charge in [0.1, 0.15) is 17.9 Å². The van der Waals surface area contributed by atoms with Crippen molar-refractivity contribution in [2.45, 2.75) is 6.36 Å². The van der Waals surface area contributed by atoms with Crippen LogP contribution in [0.5, 0.6) is 5.75 Å². The molecule has 0 radical (unpaired) electrons. The fourth-order valence-electron chi connectivity index (χ4n) is 2.60.